The van der Waals surface area contributed by atoms with Gasteiger partial charge in [0.2, 0.25) is 6.69 Å². The second-order valence-electron chi connectivity index (χ2n) is 10.4. The molecule has 0 aliphatic heterocycles. The van der Waals surface area contributed by atoms with Crippen molar-refractivity contribution < 1.29 is 0 Å². The summed E-state index contributed by atoms with van der Waals surface area (Å²) >= 11 is 16.6. The number of hydrogen-bond acceptors (Lipinski definition) is 1. The minimum atomic E-state index is -1.83. The molecule has 0 aliphatic rings. The Morgan fingerprint density at radius 2 is 0.562 bits per heavy atom. The van der Waals surface area contributed by atoms with Crippen LogP contribution in [0.15, 0.2) is 0 Å². The van der Waals surface area contributed by atoms with E-state index in [1.807, 2.05) is 6.55 Å². The Kier molecular flexibility index (Phi) is 27.7. The molecule has 0 aromatic carbocycles. The average molecular weight is 526 g/mol. The normalized spacial score (nSPS) is 12.0. The first-order chi connectivity index (χ1) is 15.6. The molecule has 194 valence electrons. The lowest BCUT2D eigenvalue weighted by Crippen LogP contribution is -2.11. The molecule has 0 radical (unpaired) electrons. The fourth-order valence-electron chi connectivity index (χ4n) is 4.61. The second-order valence-corrected chi connectivity index (χ2v) is 19.1. The summed E-state index contributed by atoms with van der Waals surface area (Å²) in [4.78, 5) is 0. The van der Waals surface area contributed by atoms with Crippen LogP contribution < -0.4 is 0 Å². The highest BCUT2D eigenvalue weighted by Crippen LogP contribution is 2.23. The predicted octanol–water partition coefficient (Wildman–Crippen LogP) is 12.2. The summed E-state index contributed by atoms with van der Waals surface area (Å²) in [5, 5.41) is 0. The maximum Gasteiger partial charge on any atom is 0.248 e. The van der Waals surface area contributed by atoms with Gasteiger partial charge in [0, 0.05) is 0 Å². The van der Waals surface area contributed by atoms with E-state index in [2.05, 4.69) is 12.6 Å². The molecular weight excluding hydrogens is 467 g/mol. The molecule has 0 amide bonds. The van der Waals surface area contributed by atoms with Crippen molar-refractivity contribution in [3.8, 4) is 0 Å². The largest absolute Gasteiger partial charge is 0.248 e. The third kappa shape index (κ3) is 31.1. The van der Waals surface area contributed by atoms with Crippen molar-refractivity contribution in [1.82, 2.24) is 0 Å². The molecule has 0 fully saturated rings. The molecule has 0 bridgehead atoms. The van der Waals surface area contributed by atoms with E-state index in [1.54, 1.807) is 0 Å². The first-order valence-electron chi connectivity index (χ1n) is 14.5. The fraction of sp³-hybridized carbons (Fsp3) is 1.00. The summed E-state index contributed by atoms with van der Waals surface area (Å²) in [5.41, 5.74) is 0. The molecule has 0 unspecified atom stereocenters. The van der Waals surface area contributed by atoms with Crippen LogP contribution >= 0.6 is 34.8 Å². The number of hydrogen-bond donors (Lipinski definition) is 1. The summed E-state index contributed by atoms with van der Waals surface area (Å²) < 4.78 is 0. The SMILES string of the molecule is C[Si](Cl)(Cl)CCCCCCCCCCCCCCCCCCCCCCCCCCCS. The second kappa shape index (κ2) is 26.7. The Labute approximate surface area is 219 Å². The van der Waals surface area contributed by atoms with E-state index in [0.717, 1.165) is 11.8 Å². The van der Waals surface area contributed by atoms with Crippen molar-refractivity contribution in [3.05, 3.63) is 0 Å². The topological polar surface area (TPSA) is 0 Å². The van der Waals surface area contributed by atoms with Crippen molar-refractivity contribution in [3.63, 3.8) is 0 Å². The summed E-state index contributed by atoms with van der Waals surface area (Å²) in [6, 6.07) is 1.06. The van der Waals surface area contributed by atoms with Crippen molar-refractivity contribution in [1.29, 1.82) is 0 Å². The van der Waals surface area contributed by atoms with Crippen molar-refractivity contribution >= 4 is 41.5 Å². The molecule has 0 rings (SSSR count). The van der Waals surface area contributed by atoms with E-state index in [9.17, 15) is 0 Å². The van der Waals surface area contributed by atoms with Gasteiger partial charge in [-0.3, -0.25) is 0 Å². The molecule has 0 heterocycles. The maximum absolute atomic E-state index is 6.14. The quantitative estimate of drug-likeness (QED) is 0.0469. The lowest BCUT2D eigenvalue weighted by molar-refractivity contribution is 0.517. The van der Waals surface area contributed by atoms with E-state index >= 15 is 0 Å². The highest BCUT2D eigenvalue weighted by Gasteiger charge is 2.19. The van der Waals surface area contributed by atoms with Crippen molar-refractivity contribution in [2.45, 2.75) is 173 Å². The summed E-state index contributed by atoms with van der Waals surface area (Å²) in [5.74, 6) is 1.06. The molecule has 0 saturated carbocycles. The van der Waals surface area contributed by atoms with Gasteiger partial charge in [-0.05, 0) is 24.8 Å². The van der Waals surface area contributed by atoms with Gasteiger partial charge in [-0.2, -0.15) is 12.6 Å². The minimum absolute atomic E-state index is 1.06. The number of halogens is 2. The van der Waals surface area contributed by atoms with Crippen LogP contribution in [-0.4, -0.2) is 12.4 Å². The van der Waals surface area contributed by atoms with Gasteiger partial charge in [-0.25, -0.2) is 0 Å². The molecular formula is C28H58Cl2SSi. The van der Waals surface area contributed by atoms with Crippen molar-refractivity contribution in [2.24, 2.45) is 0 Å². The highest BCUT2D eigenvalue weighted by atomic mass is 35.7. The van der Waals surface area contributed by atoms with Gasteiger partial charge in [0.25, 0.3) is 0 Å². The van der Waals surface area contributed by atoms with Gasteiger partial charge in [0.15, 0.2) is 0 Å². The van der Waals surface area contributed by atoms with Crippen LogP contribution in [0.5, 0.6) is 0 Å². The van der Waals surface area contributed by atoms with Gasteiger partial charge in [0.1, 0.15) is 0 Å². The van der Waals surface area contributed by atoms with E-state index in [4.69, 9.17) is 22.2 Å². The fourth-order valence-corrected chi connectivity index (χ4v) is 6.51. The number of rotatable bonds is 27. The monoisotopic (exact) mass is 524 g/mol. The summed E-state index contributed by atoms with van der Waals surface area (Å²) in [6.45, 7) is 0.202. The molecule has 32 heavy (non-hydrogen) atoms. The van der Waals surface area contributed by atoms with Gasteiger partial charge in [0.05, 0.1) is 0 Å². The molecule has 0 aliphatic carbocycles. The minimum Gasteiger partial charge on any atom is -0.179 e. The number of thiol groups is 1. The average Bonchev–Trinajstić information content (AvgIpc) is 2.75. The molecule has 0 N–H and O–H groups in total. The molecule has 0 atom stereocenters. The third-order valence-corrected chi connectivity index (χ3v) is 9.46. The number of unbranched alkanes of at least 4 members (excludes halogenated alkanes) is 24. The lowest BCUT2D eigenvalue weighted by atomic mass is 10.0. The van der Waals surface area contributed by atoms with Crippen LogP contribution in [0.25, 0.3) is 0 Å². The van der Waals surface area contributed by atoms with E-state index < -0.39 is 6.69 Å². The molecule has 0 saturated heterocycles. The van der Waals surface area contributed by atoms with Gasteiger partial charge in [-0.15, -0.1) is 22.2 Å². The zero-order chi connectivity index (χ0) is 23.6. The van der Waals surface area contributed by atoms with Gasteiger partial charge in [-0.1, -0.05) is 154 Å². The standard InChI is InChI=1S/C28H58Cl2SSi/c1-32(29,30)28-26-24-22-20-18-16-14-12-10-8-6-4-2-3-5-7-9-11-13-15-17-19-21-23-25-27-31/h31H,2-28H2,1H3. The smallest absolute Gasteiger partial charge is 0.179 e. The van der Waals surface area contributed by atoms with Crippen LogP contribution in [0, 0.1) is 0 Å². The Morgan fingerprint density at radius 3 is 0.750 bits per heavy atom. The van der Waals surface area contributed by atoms with Crippen LogP contribution in [0.4, 0.5) is 0 Å². The van der Waals surface area contributed by atoms with Crippen LogP contribution in [0.3, 0.4) is 0 Å². The van der Waals surface area contributed by atoms with E-state index in [-0.39, 0.29) is 0 Å². The third-order valence-electron chi connectivity index (χ3n) is 6.77. The molecule has 0 nitrogen and oxygen atoms in total. The Morgan fingerprint density at radius 1 is 0.375 bits per heavy atom. The van der Waals surface area contributed by atoms with Crippen LogP contribution in [0.1, 0.15) is 161 Å². The summed E-state index contributed by atoms with van der Waals surface area (Å²) in [6.07, 6.45) is 35.7. The molecule has 0 spiro atoms. The van der Waals surface area contributed by atoms with Gasteiger partial charge >= 0.3 is 0 Å². The van der Waals surface area contributed by atoms with E-state index in [1.165, 1.54) is 161 Å². The first kappa shape index (κ1) is 33.1. The van der Waals surface area contributed by atoms with Crippen LogP contribution in [-0.2, 0) is 0 Å². The Hall–Kier alpha value is 1.15. The Balaban J connectivity index is 3.02. The molecule has 4 heteroatoms. The molecule has 0 aromatic heterocycles. The zero-order valence-corrected chi connectivity index (χ0v) is 25.2. The van der Waals surface area contributed by atoms with E-state index in [0.29, 0.717) is 0 Å². The van der Waals surface area contributed by atoms with Gasteiger partial charge < -0.3 is 0 Å². The summed E-state index contributed by atoms with van der Waals surface area (Å²) in [7, 11) is 0. The zero-order valence-electron chi connectivity index (χ0n) is 21.8. The van der Waals surface area contributed by atoms with Crippen LogP contribution in [0.2, 0.25) is 12.6 Å². The highest BCUT2D eigenvalue weighted by molar-refractivity contribution is 7.80. The lowest BCUT2D eigenvalue weighted by Gasteiger charge is -2.09. The predicted molar refractivity (Wildman–Crippen MR) is 157 cm³/mol. The van der Waals surface area contributed by atoms with Crippen molar-refractivity contribution in [2.75, 3.05) is 5.75 Å². The Bertz CT molecular complexity index is 347. The maximum atomic E-state index is 6.14. The molecule has 0 aromatic rings. The first-order valence-corrected chi connectivity index (χ1v) is 19.9.